The predicted molar refractivity (Wildman–Crippen MR) is 70.2 cm³/mol. The Morgan fingerprint density at radius 2 is 1.26 bits per heavy atom. The van der Waals surface area contributed by atoms with Crippen LogP contribution < -0.4 is 0 Å². The fourth-order valence-electron chi connectivity index (χ4n) is 2.56. The van der Waals surface area contributed by atoms with Gasteiger partial charge < -0.3 is 23.7 Å². The molecular weight excluding hydrogens is 248 g/mol. The molecule has 112 valence electrons. The first-order chi connectivity index (χ1) is 9.17. The first-order valence-corrected chi connectivity index (χ1v) is 7.04. The van der Waals surface area contributed by atoms with Gasteiger partial charge in [-0.3, -0.25) is 0 Å². The molecule has 2 aliphatic rings. The van der Waals surface area contributed by atoms with Crippen molar-refractivity contribution in [1.29, 1.82) is 0 Å². The van der Waals surface area contributed by atoms with E-state index in [2.05, 4.69) is 13.8 Å². The summed E-state index contributed by atoms with van der Waals surface area (Å²) in [6.45, 7) is 7.22. The van der Waals surface area contributed by atoms with Crippen molar-refractivity contribution >= 4 is 0 Å². The zero-order chi connectivity index (χ0) is 13.8. The number of hydrogen-bond donors (Lipinski definition) is 0. The summed E-state index contributed by atoms with van der Waals surface area (Å²) in [5, 5.41) is 0. The Balaban J connectivity index is 1.92. The van der Waals surface area contributed by atoms with Gasteiger partial charge in [0.05, 0.1) is 38.6 Å². The molecular formula is C14H26O5. The van der Waals surface area contributed by atoms with E-state index >= 15 is 0 Å². The average molecular weight is 274 g/mol. The van der Waals surface area contributed by atoms with Crippen molar-refractivity contribution in [1.82, 2.24) is 0 Å². The molecule has 5 heteroatoms. The third kappa shape index (κ3) is 4.39. The Morgan fingerprint density at radius 3 is 1.53 bits per heavy atom. The highest BCUT2D eigenvalue weighted by atomic mass is 16.6. The van der Waals surface area contributed by atoms with Gasteiger partial charge in [-0.25, -0.2) is 0 Å². The van der Waals surface area contributed by atoms with Gasteiger partial charge in [0.1, 0.15) is 12.2 Å². The summed E-state index contributed by atoms with van der Waals surface area (Å²) in [7, 11) is 3.44. The molecule has 0 saturated carbocycles. The highest BCUT2D eigenvalue weighted by molar-refractivity contribution is 4.90. The van der Waals surface area contributed by atoms with E-state index in [9.17, 15) is 0 Å². The summed E-state index contributed by atoms with van der Waals surface area (Å²) in [5.74, 6) is 0.627. The number of ether oxygens (including phenoxy) is 5. The minimum Gasteiger partial charge on any atom is -0.384 e. The van der Waals surface area contributed by atoms with Crippen LogP contribution in [-0.4, -0.2) is 65.1 Å². The molecule has 2 rings (SSSR count). The van der Waals surface area contributed by atoms with Crippen molar-refractivity contribution in [3.8, 4) is 0 Å². The van der Waals surface area contributed by atoms with E-state index in [0.717, 1.165) is 13.2 Å². The van der Waals surface area contributed by atoms with E-state index in [-0.39, 0.29) is 24.4 Å². The standard InChI is InChI=1S/C14H26O5/c1-9(5-15-3)13(11-7-17-11)19-14(12-8-18-12)10(2)6-16-4/h9-14H,5-8H2,1-4H3. The maximum atomic E-state index is 6.32. The number of hydrogen-bond acceptors (Lipinski definition) is 5. The summed E-state index contributed by atoms with van der Waals surface area (Å²) in [5.41, 5.74) is 0. The number of methoxy groups -OCH3 is 2. The highest BCUT2D eigenvalue weighted by Gasteiger charge is 2.44. The molecule has 0 aliphatic carbocycles. The predicted octanol–water partition coefficient (Wildman–Crippen LogP) is 1.10. The van der Waals surface area contributed by atoms with Crippen molar-refractivity contribution in [2.24, 2.45) is 11.8 Å². The largest absolute Gasteiger partial charge is 0.384 e. The fourth-order valence-corrected chi connectivity index (χ4v) is 2.56. The number of epoxide rings is 2. The third-order valence-electron chi connectivity index (χ3n) is 3.75. The Bertz CT molecular complexity index is 239. The molecule has 19 heavy (non-hydrogen) atoms. The van der Waals surface area contributed by atoms with Crippen molar-refractivity contribution in [2.75, 3.05) is 40.6 Å². The van der Waals surface area contributed by atoms with E-state index in [0.29, 0.717) is 25.0 Å². The lowest BCUT2D eigenvalue weighted by atomic mass is 9.99. The number of rotatable bonds is 10. The molecule has 0 aromatic rings. The molecule has 6 atom stereocenters. The Labute approximate surface area is 115 Å². The normalized spacial score (nSPS) is 31.6. The van der Waals surface area contributed by atoms with Gasteiger partial charge in [0.2, 0.25) is 0 Å². The van der Waals surface area contributed by atoms with Gasteiger partial charge >= 0.3 is 0 Å². The van der Waals surface area contributed by atoms with Gasteiger partial charge in [0.25, 0.3) is 0 Å². The van der Waals surface area contributed by atoms with Crippen LogP contribution in [0.1, 0.15) is 13.8 Å². The van der Waals surface area contributed by atoms with Crippen molar-refractivity contribution < 1.29 is 23.7 Å². The molecule has 0 radical (unpaired) electrons. The smallest absolute Gasteiger partial charge is 0.107 e. The zero-order valence-corrected chi connectivity index (χ0v) is 12.3. The summed E-state index contributed by atoms with van der Waals surface area (Å²) < 4.78 is 27.6. The lowest BCUT2D eigenvalue weighted by Gasteiger charge is -2.30. The topological polar surface area (TPSA) is 52.8 Å². The van der Waals surface area contributed by atoms with Gasteiger partial charge in [0.15, 0.2) is 0 Å². The first kappa shape index (κ1) is 15.2. The van der Waals surface area contributed by atoms with Crippen LogP contribution in [0.4, 0.5) is 0 Å². The van der Waals surface area contributed by atoms with Crippen molar-refractivity contribution in [3.05, 3.63) is 0 Å². The van der Waals surface area contributed by atoms with Crippen molar-refractivity contribution in [3.63, 3.8) is 0 Å². The quantitative estimate of drug-likeness (QED) is 0.558. The van der Waals surface area contributed by atoms with E-state index in [1.807, 2.05) is 0 Å². The third-order valence-corrected chi connectivity index (χ3v) is 3.75. The summed E-state index contributed by atoms with van der Waals surface area (Å²) in [6, 6.07) is 0. The molecule has 2 fully saturated rings. The van der Waals surface area contributed by atoms with Gasteiger partial charge in [0, 0.05) is 26.1 Å². The lowest BCUT2D eigenvalue weighted by molar-refractivity contribution is -0.102. The van der Waals surface area contributed by atoms with E-state index in [4.69, 9.17) is 23.7 Å². The van der Waals surface area contributed by atoms with Crippen LogP contribution in [0.25, 0.3) is 0 Å². The first-order valence-electron chi connectivity index (χ1n) is 7.04. The second kappa shape index (κ2) is 6.99. The Hall–Kier alpha value is -0.200. The van der Waals surface area contributed by atoms with Crippen LogP contribution >= 0.6 is 0 Å². The molecule has 2 aliphatic heterocycles. The maximum Gasteiger partial charge on any atom is 0.107 e. The minimum absolute atomic E-state index is 0.0773. The molecule has 0 bridgehead atoms. The van der Waals surface area contributed by atoms with Gasteiger partial charge in [-0.15, -0.1) is 0 Å². The van der Waals surface area contributed by atoms with Crippen molar-refractivity contribution in [2.45, 2.75) is 38.3 Å². The van der Waals surface area contributed by atoms with Crippen LogP contribution in [0.2, 0.25) is 0 Å². The van der Waals surface area contributed by atoms with Gasteiger partial charge in [-0.2, -0.15) is 0 Å². The summed E-state index contributed by atoms with van der Waals surface area (Å²) in [6.07, 6.45) is 0.573. The van der Waals surface area contributed by atoms with Gasteiger partial charge in [-0.1, -0.05) is 13.8 Å². The SMILES string of the molecule is COCC(C)C(OC(C(C)COC)C1CO1)C1CO1. The zero-order valence-electron chi connectivity index (χ0n) is 12.3. The lowest BCUT2D eigenvalue weighted by Crippen LogP contribution is -2.40. The maximum absolute atomic E-state index is 6.32. The second-order valence-corrected chi connectivity index (χ2v) is 5.67. The molecule has 0 N–H and O–H groups in total. The van der Waals surface area contributed by atoms with E-state index < -0.39 is 0 Å². The second-order valence-electron chi connectivity index (χ2n) is 5.67. The van der Waals surface area contributed by atoms with Crippen LogP contribution in [0.15, 0.2) is 0 Å². The van der Waals surface area contributed by atoms with Crippen LogP contribution in [0.5, 0.6) is 0 Å². The monoisotopic (exact) mass is 274 g/mol. The average Bonchev–Trinajstić information content (AvgIpc) is 3.24. The van der Waals surface area contributed by atoms with Gasteiger partial charge in [-0.05, 0) is 0 Å². The molecule has 6 unspecified atom stereocenters. The fraction of sp³-hybridized carbons (Fsp3) is 1.00. The van der Waals surface area contributed by atoms with Crippen LogP contribution in [-0.2, 0) is 23.7 Å². The van der Waals surface area contributed by atoms with E-state index in [1.165, 1.54) is 0 Å². The molecule has 5 nitrogen and oxygen atoms in total. The van der Waals surface area contributed by atoms with E-state index in [1.54, 1.807) is 14.2 Å². The molecule has 2 heterocycles. The molecule has 0 spiro atoms. The Kier molecular flexibility index (Phi) is 5.59. The summed E-state index contributed by atoms with van der Waals surface area (Å²) in [4.78, 5) is 0. The van der Waals surface area contributed by atoms with Crippen LogP contribution in [0, 0.1) is 11.8 Å². The molecule has 0 aromatic carbocycles. The summed E-state index contributed by atoms with van der Waals surface area (Å²) >= 11 is 0. The highest BCUT2D eigenvalue weighted by Crippen LogP contribution is 2.31. The minimum atomic E-state index is 0.0773. The molecule has 0 aromatic heterocycles. The van der Waals surface area contributed by atoms with Crippen LogP contribution in [0.3, 0.4) is 0 Å². The molecule has 0 amide bonds. The molecule has 2 saturated heterocycles. The Morgan fingerprint density at radius 1 is 0.895 bits per heavy atom.